The van der Waals surface area contributed by atoms with Crippen LogP contribution in [0.15, 0.2) is 40.4 Å². The molecule has 0 N–H and O–H groups in total. The minimum atomic E-state index is -0.183. The highest BCUT2D eigenvalue weighted by molar-refractivity contribution is 8.08. The average Bonchev–Trinajstić information content (AvgIpc) is 2.92. The van der Waals surface area contributed by atoms with Crippen molar-refractivity contribution in [1.82, 2.24) is 0 Å². The zero-order valence-electron chi connectivity index (χ0n) is 8.38. The molecule has 0 amide bonds. The van der Waals surface area contributed by atoms with Crippen LogP contribution < -0.4 is 0 Å². The number of hydrogen-bond acceptors (Lipinski definition) is 1. The van der Waals surface area contributed by atoms with Crippen molar-refractivity contribution in [3.63, 3.8) is 0 Å². The molecule has 3 rings (SSSR count). The fourth-order valence-corrected chi connectivity index (χ4v) is 4.77. The molecule has 2 unspecified atom stereocenters. The lowest BCUT2D eigenvalue weighted by molar-refractivity contribution is 0.892. The molecular weight excluding hydrogens is 318 g/mol. The van der Waals surface area contributed by atoms with Crippen LogP contribution in [0.1, 0.15) is 5.56 Å². The predicted molar refractivity (Wildman–Crippen MR) is 77.4 cm³/mol. The van der Waals surface area contributed by atoms with Crippen LogP contribution in [0, 0.1) is 0 Å². The summed E-state index contributed by atoms with van der Waals surface area (Å²) in [5.74, 6) is 0. The number of fused-ring (bicyclic) bond motifs is 1. The largest absolute Gasteiger partial charge is 0.133 e. The van der Waals surface area contributed by atoms with Gasteiger partial charge in [0.2, 0.25) is 0 Å². The highest BCUT2D eigenvalue weighted by atomic mass is 35.5. The third kappa shape index (κ3) is 2.02. The van der Waals surface area contributed by atoms with Crippen molar-refractivity contribution in [1.29, 1.82) is 0 Å². The minimum absolute atomic E-state index is 0.183. The van der Waals surface area contributed by atoms with Crippen LogP contribution in [0.25, 0.3) is 0 Å². The van der Waals surface area contributed by atoms with Gasteiger partial charge < -0.3 is 0 Å². The van der Waals surface area contributed by atoms with Gasteiger partial charge >= 0.3 is 0 Å². The lowest BCUT2D eigenvalue weighted by atomic mass is 9.92. The molecule has 1 saturated heterocycles. The van der Waals surface area contributed by atoms with E-state index in [-0.39, 0.29) is 10.00 Å². The molecule has 0 spiro atoms. The second-order valence-electron chi connectivity index (χ2n) is 4.01. The summed E-state index contributed by atoms with van der Waals surface area (Å²) in [5.41, 5.74) is 1.05. The standard InChI is InChI=1S/C12H6Cl4S/c13-7-1-6(2-8(14)3-7)12-5-9(15)4-10(16)11(12)17-12/h1-5,11H. The molecule has 1 fully saturated rings. The van der Waals surface area contributed by atoms with Gasteiger partial charge in [-0.2, -0.15) is 0 Å². The number of halogens is 4. The Bertz CT molecular complexity index is 543. The zero-order chi connectivity index (χ0) is 12.2. The lowest BCUT2D eigenvalue weighted by Gasteiger charge is -2.16. The molecule has 2 aliphatic rings. The fourth-order valence-electron chi connectivity index (χ4n) is 2.07. The van der Waals surface area contributed by atoms with Gasteiger partial charge in [0.15, 0.2) is 0 Å². The topological polar surface area (TPSA) is 0 Å². The van der Waals surface area contributed by atoms with Crippen LogP contribution in [-0.4, -0.2) is 5.25 Å². The Hall–Kier alpha value is 0.210. The molecule has 0 nitrogen and oxygen atoms in total. The number of thioether (sulfide) groups is 1. The van der Waals surface area contributed by atoms with Crippen LogP contribution in [0.2, 0.25) is 10.0 Å². The van der Waals surface area contributed by atoms with Crippen molar-refractivity contribution < 1.29 is 0 Å². The summed E-state index contributed by atoms with van der Waals surface area (Å²) >= 11 is 26.1. The van der Waals surface area contributed by atoms with E-state index < -0.39 is 0 Å². The summed E-state index contributed by atoms with van der Waals surface area (Å²) < 4.78 is -0.183. The van der Waals surface area contributed by atoms with Crippen molar-refractivity contribution in [2.24, 2.45) is 0 Å². The number of benzene rings is 1. The minimum Gasteiger partial charge on any atom is -0.133 e. The Labute approximate surface area is 124 Å². The summed E-state index contributed by atoms with van der Waals surface area (Å²) in [6, 6.07) is 5.55. The van der Waals surface area contributed by atoms with E-state index in [1.165, 1.54) is 0 Å². The van der Waals surface area contributed by atoms with Gasteiger partial charge in [-0.15, -0.1) is 11.8 Å². The lowest BCUT2D eigenvalue weighted by Crippen LogP contribution is -2.12. The van der Waals surface area contributed by atoms with E-state index in [0.717, 1.165) is 10.6 Å². The average molecular weight is 324 g/mol. The molecule has 5 heteroatoms. The van der Waals surface area contributed by atoms with E-state index in [2.05, 4.69) is 0 Å². The van der Waals surface area contributed by atoms with Gasteiger partial charge in [0.25, 0.3) is 0 Å². The second kappa shape index (κ2) is 4.11. The van der Waals surface area contributed by atoms with Gasteiger partial charge in [0.1, 0.15) is 0 Å². The molecule has 1 aliphatic carbocycles. The third-order valence-corrected chi connectivity index (χ3v) is 5.54. The summed E-state index contributed by atoms with van der Waals surface area (Å²) in [5, 5.41) is 2.93. The highest BCUT2D eigenvalue weighted by Crippen LogP contribution is 2.68. The van der Waals surface area contributed by atoms with Gasteiger partial charge in [-0.1, -0.05) is 46.4 Å². The van der Waals surface area contributed by atoms with Crippen LogP contribution in [-0.2, 0) is 4.75 Å². The van der Waals surface area contributed by atoms with Gasteiger partial charge in [0.05, 0.1) is 10.00 Å². The first kappa shape index (κ1) is 12.3. The normalized spacial score (nSPS) is 30.5. The van der Waals surface area contributed by atoms with Crippen molar-refractivity contribution >= 4 is 58.2 Å². The molecule has 1 aromatic rings. The molecule has 1 aromatic carbocycles. The molecule has 0 radical (unpaired) electrons. The SMILES string of the molecule is ClC1=CC2(c3cc(Cl)cc(Cl)c3)SC2C(Cl)=C1. The first-order valence-electron chi connectivity index (χ1n) is 4.91. The van der Waals surface area contributed by atoms with E-state index in [1.54, 1.807) is 23.9 Å². The Kier molecular flexibility index (Phi) is 2.96. The van der Waals surface area contributed by atoms with E-state index in [9.17, 15) is 0 Å². The molecule has 1 aliphatic heterocycles. The molecular formula is C12H6Cl4S. The van der Waals surface area contributed by atoms with Crippen molar-refractivity contribution in [3.8, 4) is 0 Å². The second-order valence-corrected chi connectivity index (χ2v) is 7.14. The van der Waals surface area contributed by atoms with E-state index >= 15 is 0 Å². The van der Waals surface area contributed by atoms with Gasteiger partial charge in [-0.05, 0) is 35.9 Å². The Morgan fingerprint density at radius 3 is 2.29 bits per heavy atom. The maximum Gasteiger partial charge on any atom is 0.0781 e. The molecule has 1 heterocycles. The van der Waals surface area contributed by atoms with Crippen LogP contribution in [0.4, 0.5) is 0 Å². The smallest absolute Gasteiger partial charge is 0.0781 e. The van der Waals surface area contributed by atoms with Crippen LogP contribution in [0.3, 0.4) is 0 Å². The van der Waals surface area contributed by atoms with Gasteiger partial charge in [-0.25, -0.2) is 0 Å². The Morgan fingerprint density at radius 1 is 1.00 bits per heavy atom. The number of allylic oxidation sites excluding steroid dienone is 2. The molecule has 2 atom stereocenters. The predicted octanol–water partition coefficient (Wildman–Crippen LogP) is 5.56. The maximum atomic E-state index is 6.17. The van der Waals surface area contributed by atoms with E-state index in [1.807, 2.05) is 18.2 Å². The molecule has 17 heavy (non-hydrogen) atoms. The third-order valence-electron chi connectivity index (χ3n) is 2.84. The maximum absolute atomic E-state index is 6.17. The van der Waals surface area contributed by atoms with Gasteiger partial charge in [-0.3, -0.25) is 0 Å². The van der Waals surface area contributed by atoms with Crippen molar-refractivity contribution in [3.05, 3.63) is 56.0 Å². The highest BCUT2D eigenvalue weighted by Gasteiger charge is 2.58. The molecule has 0 saturated carbocycles. The Morgan fingerprint density at radius 2 is 1.65 bits per heavy atom. The zero-order valence-corrected chi connectivity index (χ0v) is 12.2. The number of hydrogen-bond donors (Lipinski definition) is 0. The van der Waals surface area contributed by atoms with E-state index in [0.29, 0.717) is 15.1 Å². The molecule has 88 valence electrons. The summed E-state index contributed by atoms with van der Waals surface area (Å²) in [6.07, 6.45) is 3.80. The van der Waals surface area contributed by atoms with Crippen LogP contribution in [0.5, 0.6) is 0 Å². The van der Waals surface area contributed by atoms with E-state index in [4.69, 9.17) is 46.4 Å². The first-order valence-corrected chi connectivity index (χ1v) is 7.30. The monoisotopic (exact) mass is 322 g/mol. The number of rotatable bonds is 1. The fraction of sp³-hybridized carbons (Fsp3) is 0.167. The molecule has 0 aromatic heterocycles. The summed E-state index contributed by atoms with van der Waals surface area (Å²) in [4.78, 5) is 0. The quantitative estimate of drug-likeness (QED) is 0.609. The van der Waals surface area contributed by atoms with Crippen molar-refractivity contribution in [2.75, 3.05) is 0 Å². The molecule has 0 bridgehead atoms. The van der Waals surface area contributed by atoms with Crippen LogP contribution >= 0.6 is 58.2 Å². The van der Waals surface area contributed by atoms with Crippen molar-refractivity contribution in [2.45, 2.75) is 10.00 Å². The Balaban J connectivity index is 2.10. The summed E-state index contributed by atoms with van der Waals surface area (Å²) in [6.45, 7) is 0. The summed E-state index contributed by atoms with van der Waals surface area (Å²) in [7, 11) is 0. The first-order chi connectivity index (χ1) is 8.01. The van der Waals surface area contributed by atoms with Gasteiger partial charge in [0, 0.05) is 20.1 Å².